The second-order valence-electron chi connectivity index (χ2n) is 6.67. The molecule has 6 heteroatoms. The maximum Gasteiger partial charge on any atom is 0.409 e. The molecule has 0 radical (unpaired) electrons. The van der Waals surface area contributed by atoms with Gasteiger partial charge in [0.15, 0.2) is 0 Å². The van der Waals surface area contributed by atoms with Crippen LogP contribution in [0, 0.1) is 5.92 Å². The average Bonchev–Trinajstić information content (AvgIpc) is 3.13. The number of dihydropyridines is 1. The van der Waals surface area contributed by atoms with E-state index in [9.17, 15) is 9.90 Å². The summed E-state index contributed by atoms with van der Waals surface area (Å²) in [5.74, 6) is 0.232. The molecule has 1 heterocycles. The zero-order valence-corrected chi connectivity index (χ0v) is 15.6. The Balaban J connectivity index is 2.02. The van der Waals surface area contributed by atoms with Crippen molar-refractivity contribution in [3.8, 4) is 0 Å². The molecule has 134 valence electrons. The van der Waals surface area contributed by atoms with E-state index in [1.807, 2.05) is 37.4 Å². The fraction of sp³-hybridized carbons (Fsp3) is 0.421. The number of hydrogen-bond acceptors (Lipinski definition) is 2. The van der Waals surface area contributed by atoms with Crippen LogP contribution in [0.3, 0.4) is 0 Å². The fourth-order valence-electron chi connectivity index (χ4n) is 4.02. The van der Waals surface area contributed by atoms with E-state index in [4.69, 9.17) is 23.2 Å². The number of halogens is 2. The number of carboxylic acid groups (broad SMARTS) is 1. The van der Waals surface area contributed by atoms with Crippen molar-refractivity contribution in [1.29, 1.82) is 0 Å². The summed E-state index contributed by atoms with van der Waals surface area (Å²) in [6.45, 7) is 1.89. The molecule has 1 amide bonds. The first-order valence-corrected chi connectivity index (χ1v) is 9.30. The number of carbonyl (C=O) groups is 1. The summed E-state index contributed by atoms with van der Waals surface area (Å²) >= 11 is 12.2. The molecule has 2 unspecified atom stereocenters. The largest absolute Gasteiger partial charge is 0.465 e. The Morgan fingerprint density at radius 1 is 1.28 bits per heavy atom. The zero-order valence-electron chi connectivity index (χ0n) is 14.1. The van der Waals surface area contributed by atoms with Gasteiger partial charge in [0.25, 0.3) is 0 Å². The molecule has 0 saturated heterocycles. The van der Waals surface area contributed by atoms with Crippen LogP contribution in [0.4, 0.5) is 4.79 Å². The summed E-state index contributed by atoms with van der Waals surface area (Å²) in [6.07, 6.45) is 10.9. The maximum atomic E-state index is 12.3. The molecule has 1 aromatic rings. The number of hydrogen-bond donors (Lipinski definition) is 2. The van der Waals surface area contributed by atoms with Gasteiger partial charge in [-0.3, -0.25) is 4.90 Å². The number of allylic oxidation sites excluding steroid dienone is 2. The molecule has 0 spiro atoms. The van der Waals surface area contributed by atoms with E-state index in [0.29, 0.717) is 10.0 Å². The first-order chi connectivity index (χ1) is 12.0. The van der Waals surface area contributed by atoms with Crippen LogP contribution >= 0.6 is 23.2 Å². The van der Waals surface area contributed by atoms with Crippen LogP contribution in [0.25, 0.3) is 0 Å². The minimum Gasteiger partial charge on any atom is -0.465 e. The summed E-state index contributed by atoms with van der Waals surface area (Å²) in [4.78, 5) is 13.8. The van der Waals surface area contributed by atoms with Gasteiger partial charge in [-0.2, -0.15) is 0 Å². The van der Waals surface area contributed by atoms with Gasteiger partial charge in [0, 0.05) is 5.92 Å². The highest BCUT2D eigenvalue weighted by Gasteiger charge is 2.47. The van der Waals surface area contributed by atoms with Crippen LogP contribution in [0.5, 0.6) is 0 Å². The van der Waals surface area contributed by atoms with E-state index in [2.05, 4.69) is 5.32 Å². The third-order valence-corrected chi connectivity index (χ3v) is 6.01. The van der Waals surface area contributed by atoms with Gasteiger partial charge in [-0.25, -0.2) is 4.79 Å². The van der Waals surface area contributed by atoms with Gasteiger partial charge in [-0.1, -0.05) is 48.2 Å². The van der Waals surface area contributed by atoms with Crippen LogP contribution in [0.2, 0.25) is 10.0 Å². The number of amides is 1. The molecule has 0 aromatic heterocycles. The van der Waals surface area contributed by atoms with Crippen molar-refractivity contribution in [3.05, 3.63) is 58.2 Å². The van der Waals surface area contributed by atoms with E-state index >= 15 is 0 Å². The van der Waals surface area contributed by atoms with E-state index < -0.39 is 11.8 Å². The van der Waals surface area contributed by atoms with E-state index in [1.54, 1.807) is 12.1 Å². The SMILES string of the molecule is CC(c1ccc(Cl)c(Cl)c1)N(C(=O)O)C1(C2CCCC2)C=CC=CN1. The van der Waals surface area contributed by atoms with E-state index in [-0.39, 0.29) is 12.0 Å². The first kappa shape index (κ1) is 18.2. The maximum absolute atomic E-state index is 12.3. The zero-order chi connectivity index (χ0) is 18.0. The summed E-state index contributed by atoms with van der Waals surface area (Å²) in [5.41, 5.74) is 0.0710. The van der Waals surface area contributed by atoms with Crippen molar-refractivity contribution in [2.24, 2.45) is 5.92 Å². The highest BCUT2D eigenvalue weighted by molar-refractivity contribution is 6.42. The van der Waals surface area contributed by atoms with Gasteiger partial charge in [-0.05, 0) is 55.8 Å². The number of nitrogens with zero attached hydrogens (tertiary/aromatic N) is 1. The average molecular weight is 381 g/mol. The molecular weight excluding hydrogens is 359 g/mol. The summed E-state index contributed by atoms with van der Waals surface area (Å²) in [5, 5.41) is 14.3. The van der Waals surface area contributed by atoms with Gasteiger partial charge in [-0.15, -0.1) is 0 Å². The molecule has 1 aromatic carbocycles. The first-order valence-electron chi connectivity index (χ1n) is 8.55. The van der Waals surface area contributed by atoms with E-state index in [1.165, 1.54) is 4.90 Å². The summed E-state index contributed by atoms with van der Waals surface area (Å²) < 4.78 is 0. The number of rotatable bonds is 4. The van der Waals surface area contributed by atoms with Gasteiger partial charge < -0.3 is 10.4 Å². The predicted molar refractivity (Wildman–Crippen MR) is 101 cm³/mol. The minimum absolute atomic E-state index is 0.232. The fourth-order valence-corrected chi connectivity index (χ4v) is 4.33. The molecule has 4 nitrogen and oxygen atoms in total. The van der Waals surface area contributed by atoms with Gasteiger partial charge in [0.05, 0.1) is 16.1 Å². The molecule has 3 rings (SSSR count). The smallest absolute Gasteiger partial charge is 0.409 e. The highest BCUT2D eigenvalue weighted by Crippen LogP contribution is 2.42. The third kappa shape index (κ3) is 3.38. The Morgan fingerprint density at radius 3 is 2.56 bits per heavy atom. The molecule has 1 saturated carbocycles. The van der Waals surface area contributed by atoms with Crippen molar-refractivity contribution in [1.82, 2.24) is 10.2 Å². The third-order valence-electron chi connectivity index (χ3n) is 5.27. The Bertz CT molecular complexity index is 713. The second-order valence-corrected chi connectivity index (χ2v) is 7.49. The lowest BCUT2D eigenvalue weighted by atomic mass is 9.85. The molecule has 2 N–H and O–H groups in total. The van der Waals surface area contributed by atoms with Crippen LogP contribution in [0.15, 0.2) is 42.6 Å². The Labute approximate surface area is 158 Å². The highest BCUT2D eigenvalue weighted by atomic mass is 35.5. The standard InChI is InChI=1S/C19H22Cl2N2O2/c1-13(14-8-9-16(20)17(21)12-14)23(18(24)25)19(10-4-5-11-22-19)15-6-2-3-7-15/h4-5,8-13,15,22H,2-3,6-7H2,1H3,(H,24,25). The second kappa shape index (κ2) is 7.30. The van der Waals surface area contributed by atoms with Crippen LogP contribution in [-0.2, 0) is 0 Å². The van der Waals surface area contributed by atoms with Crippen molar-refractivity contribution >= 4 is 29.3 Å². The Morgan fingerprint density at radius 2 is 2.00 bits per heavy atom. The molecule has 1 fully saturated rings. The van der Waals surface area contributed by atoms with Gasteiger partial charge in [0.1, 0.15) is 5.66 Å². The summed E-state index contributed by atoms with van der Waals surface area (Å²) in [7, 11) is 0. The predicted octanol–water partition coefficient (Wildman–Crippen LogP) is 5.59. The van der Waals surface area contributed by atoms with Crippen molar-refractivity contribution < 1.29 is 9.90 Å². The van der Waals surface area contributed by atoms with Crippen molar-refractivity contribution in [2.75, 3.05) is 0 Å². The molecule has 25 heavy (non-hydrogen) atoms. The Kier molecular flexibility index (Phi) is 5.30. The molecule has 2 atom stereocenters. The summed E-state index contributed by atoms with van der Waals surface area (Å²) in [6, 6.07) is 4.91. The van der Waals surface area contributed by atoms with E-state index in [0.717, 1.165) is 31.2 Å². The monoisotopic (exact) mass is 380 g/mol. The van der Waals surface area contributed by atoms with Crippen LogP contribution < -0.4 is 5.32 Å². The van der Waals surface area contributed by atoms with Crippen molar-refractivity contribution in [2.45, 2.75) is 44.3 Å². The Hall–Kier alpha value is -1.65. The van der Waals surface area contributed by atoms with Gasteiger partial charge >= 0.3 is 6.09 Å². The molecule has 2 aliphatic rings. The number of nitrogens with one attached hydrogen (secondary N) is 1. The topological polar surface area (TPSA) is 52.6 Å². The van der Waals surface area contributed by atoms with Crippen LogP contribution in [-0.4, -0.2) is 21.8 Å². The van der Waals surface area contributed by atoms with Gasteiger partial charge in [0.2, 0.25) is 0 Å². The minimum atomic E-state index is -0.960. The number of benzene rings is 1. The molecule has 1 aliphatic heterocycles. The lowest BCUT2D eigenvalue weighted by Crippen LogP contribution is -2.63. The molecule has 1 aliphatic carbocycles. The quantitative estimate of drug-likeness (QED) is 0.714. The lowest BCUT2D eigenvalue weighted by molar-refractivity contribution is 0.0274. The van der Waals surface area contributed by atoms with Crippen LogP contribution in [0.1, 0.15) is 44.2 Å². The van der Waals surface area contributed by atoms with Crippen molar-refractivity contribution in [3.63, 3.8) is 0 Å². The molecular formula is C19H22Cl2N2O2. The normalized spacial score (nSPS) is 24.1. The lowest BCUT2D eigenvalue weighted by Gasteiger charge is -2.48. The molecule has 0 bridgehead atoms.